The van der Waals surface area contributed by atoms with E-state index in [0.29, 0.717) is 29.0 Å². The van der Waals surface area contributed by atoms with Crippen LogP contribution in [0.2, 0.25) is 0 Å². The van der Waals surface area contributed by atoms with Gasteiger partial charge in [-0.1, -0.05) is 36.5 Å². The van der Waals surface area contributed by atoms with E-state index in [1.165, 1.54) is 0 Å². The molecule has 0 atom stereocenters. The summed E-state index contributed by atoms with van der Waals surface area (Å²) in [7, 11) is 0. The number of hydrogen-bond donors (Lipinski definition) is 0. The van der Waals surface area contributed by atoms with E-state index < -0.39 is 5.97 Å². The van der Waals surface area contributed by atoms with Gasteiger partial charge in [0.25, 0.3) is 0 Å². The fourth-order valence-corrected chi connectivity index (χ4v) is 3.19. The SMILES string of the molecule is O=C(Oc1cccc(C(=S)N2CCOCC2)c1)c1ccccc1Br. The van der Waals surface area contributed by atoms with E-state index in [1.54, 1.807) is 30.3 Å². The Balaban J connectivity index is 1.74. The van der Waals surface area contributed by atoms with Gasteiger partial charge in [-0.25, -0.2) is 4.79 Å². The van der Waals surface area contributed by atoms with Crippen LogP contribution in [-0.2, 0) is 4.74 Å². The van der Waals surface area contributed by atoms with Gasteiger partial charge in [-0.3, -0.25) is 0 Å². The van der Waals surface area contributed by atoms with Crippen LogP contribution in [0.4, 0.5) is 0 Å². The molecule has 0 bridgehead atoms. The van der Waals surface area contributed by atoms with Crippen molar-refractivity contribution >= 4 is 39.1 Å². The van der Waals surface area contributed by atoms with Crippen molar-refractivity contribution in [2.24, 2.45) is 0 Å². The lowest BCUT2D eigenvalue weighted by atomic mass is 10.2. The molecule has 2 aromatic carbocycles. The third-order valence-electron chi connectivity index (χ3n) is 3.68. The second kappa shape index (κ2) is 7.88. The van der Waals surface area contributed by atoms with E-state index >= 15 is 0 Å². The van der Waals surface area contributed by atoms with Crippen molar-refractivity contribution in [2.75, 3.05) is 26.3 Å². The maximum absolute atomic E-state index is 12.3. The minimum absolute atomic E-state index is 0.406. The molecule has 0 aromatic heterocycles. The lowest BCUT2D eigenvalue weighted by Crippen LogP contribution is -2.40. The van der Waals surface area contributed by atoms with Crippen molar-refractivity contribution in [1.82, 2.24) is 4.90 Å². The van der Waals surface area contributed by atoms with Crippen molar-refractivity contribution < 1.29 is 14.3 Å². The zero-order valence-corrected chi connectivity index (χ0v) is 15.3. The summed E-state index contributed by atoms with van der Waals surface area (Å²) in [6, 6.07) is 14.5. The predicted octanol–water partition coefficient (Wildman–Crippen LogP) is 3.68. The first-order valence-corrected chi connectivity index (χ1v) is 8.79. The van der Waals surface area contributed by atoms with Crippen LogP contribution < -0.4 is 4.74 Å². The Morgan fingerprint density at radius 2 is 1.88 bits per heavy atom. The molecule has 0 spiro atoms. The molecular weight excluding hydrogens is 390 g/mol. The van der Waals surface area contributed by atoms with Crippen molar-refractivity contribution in [3.8, 4) is 5.75 Å². The topological polar surface area (TPSA) is 38.8 Å². The Morgan fingerprint density at radius 3 is 2.62 bits per heavy atom. The molecule has 3 rings (SSSR count). The molecule has 4 nitrogen and oxygen atoms in total. The van der Waals surface area contributed by atoms with Gasteiger partial charge in [0.2, 0.25) is 0 Å². The Hall–Kier alpha value is -1.76. The van der Waals surface area contributed by atoms with E-state index in [9.17, 15) is 4.79 Å². The fourth-order valence-electron chi connectivity index (χ4n) is 2.43. The van der Waals surface area contributed by atoms with Gasteiger partial charge >= 0.3 is 5.97 Å². The second-order valence-electron chi connectivity index (χ2n) is 5.30. The van der Waals surface area contributed by atoms with Gasteiger partial charge in [-0.2, -0.15) is 0 Å². The number of carbonyl (C=O) groups excluding carboxylic acids is 1. The average molecular weight is 406 g/mol. The molecule has 0 amide bonds. The molecule has 0 radical (unpaired) electrons. The quantitative estimate of drug-likeness (QED) is 0.442. The number of nitrogens with zero attached hydrogens (tertiary/aromatic N) is 1. The molecule has 0 aliphatic carbocycles. The number of ether oxygens (including phenoxy) is 2. The number of halogens is 1. The summed E-state index contributed by atoms with van der Waals surface area (Å²) < 4.78 is 11.5. The third-order valence-corrected chi connectivity index (χ3v) is 4.87. The van der Waals surface area contributed by atoms with E-state index in [1.807, 2.05) is 18.2 Å². The van der Waals surface area contributed by atoms with Gasteiger partial charge in [-0.15, -0.1) is 0 Å². The number of rotatable bonds is 3. The standard InChI is InChI=1S/C18H16BrNO3S/c19-16-7-2-1-6-15(16)18(21)23-14-5-3-4-13(12-14)17(24)20-8-10-22-11-9-20/h1-7,12H,8-11H2. The van der Waals surface area contributed by atoms with Crippen LogP contribution in [0.5, 0.6) is 5.75 Å². The van der Waals surface area contributed by atoms with E-state index in [-0.39, 0.29) is 0 Å². The molecule has 2 aromatic rings. The third kappa shape index (κ3) is 4.01. The van der Waals surface area contributed by atoms with E-state index in [0.717, 1.165) is 23.6 Å². The molecule has 1 aliphatic rings. The van der Waals surface area contributed by atoms with Gasteiger partial charge < -0.3 is 14.4 Å². The summed E-state index contributed by atoms with van der Waals surface area (Å²) in [6.45, 7) is 2.91. The van der Waals surface area contributed by atoms with Crippen LogP contribution in [0, 0.1) is 0 Å². The molecule has 1 saturated heterocycles. The lowest BCUT2D eigenvalue weighted by molar-refractivity contribution is 0.0693. The van der Waals surface area contributed by atoms with Crippen molar-refractivity contribution in [2.45, 2.75) is 0 Å². The normalized spacial score (nSPS) is 14.3. The Bertz CT molecular complexity index is 759. The summed E-state index contributed by atoms with van der Waals surface area (Å²) in [5.74, 6) is 0.0702. The Kier molecular flexibility index (Phi) is 5.60. The summed E-state index contributed by atoms with van der Waals surface area (Å²) in [5.41, 5.74) is 1.35. The summed E-state index contributed by atoms with van der Waals surface area (Å²) >= 11 is 8.91. The van der Waals surface area contributed by atoms with Gasteiger partial charge in [0, 0.05) is 23.1 Å². The van der Waals surface area contributed by atoms with Crippen LogP contribution in [0.15, 0.2) is 53.0 Å². The summed E-state index contributed by atoms with van der Waals surface area (Å²) in [6.07, 6.45) is 0. The molecule has 124 valence electrons. The van der Waals surface area contributed by atoms with Crippen molar-refractivity contribution in [3.05, 3.63) is 64.1 Å². The maximum atomic E-state index is 12.3. The number of carbonyl (C=O) groups is 1. The molecule has 1 heterocycles. The van der Waals surface area contributed by atoms with Gasteiger partial charge in [0.15, 0.2) is 0 Å². The smallest absolute Gasteiger partial charge is 0.344 e. The summed E-state index contributed by atoms with van der Waals surface area (Å²) in [5, 5.41) is 0. The highest BCUT2D eigenvalue weighted by Gasteiger charge is 2.17. The number of esters is 1. The Morgan fingerprint density at radius 1 is 1.12 bits per heavy atom. The monoisotopic (exact) mass is 405 g/mol. The highest BCUT2D eigenvalue weighted by molar-refractivity contribution is 9.10. The minimum atomic E-state index is -0.406. The van der Waals surface area contributed by atoms with Gasteiger partial charge in [-0.05, 0) is 40.2 Å². The first-order chi connectivity index (χ1) is 11.6. The van der Waals surface area contributed by atoms with Crippen molar-refractivity contribution in [3.63, 3.8) is 0 Å². The highest BCUT2D eigenvalue weighted by atomic mass is 79.9. The zero-order chi connectivity index (χ0) is 16.9. The molecule has 0 saturated carbocycles. The van der Waals surface area contributed by atoms with Crippen LogP contribution in [0.1, 0.15) is 15.9 Å². The average Bonchev–Trinajstić information content (AvgIpc) is 2.62. The fraction of sp³-hybridized carbons (Fsp3) is 0.222. The number of thiocarbonyl (C=S) groups is 1. The van der Waals surface area contributed by atoms with E-state index in [2.05, 4.69) is 20.8 Å². The molecule has 1 fully saturated rings. The zero-order valence-electron chi connectivity index (χ0n) is 12.9. The minimum Gasteiger partial charge on any atom is -0.423 e. The lowest BCUT2D eigenvalue weighted by Gasteiger charge is -2.29. The predicted molar refractivity (Wildman–Crippen MR) is 99.6 cm³/mol. The molecule has 6 heteroatoms. The van der Waals surface area contributed by atoms with Crippen LogP contribution >= 0.6 is 28.1 Å². The highest BCUT2D eigenvalue weighted by Crippen LogP contribution is 2.21. The van der Waals surface area contributed by atoms with Crippen LogP contribution in [0.25, 0.3) is 0 Å². The maximum Gasteiger partial charge on any atom is 0.344 e. The number of morpholine rings is 1. The molecule has 0 unspecified atom stereocenters. The Labute approximate surface area is 154 Å². The molecular formula is C18H16BrNO3S. The first kappa shape index (κ1) is 17.1. The molecule has 0 N–H and O–H groups in total. The van der Waals surface area contributed by atoms with E-state index in [4.69, 9.17) is 21.7 Å². The number of benzene rings is 2. The first-order valence-electron chi connectivity index (χ1n) is 7.59. The summed E-state index contributed by atoms with van der Waals surface area (Å²) in [4.78, 5) is 15.2. The van der Waals surface area contributed by atoms with Crippen LogP contribution in [-0.4, -0.2) is 42.2 Å². The molecule has 1 aliphatic heterocycles. The van der Waals surface area contributed by atoms with Crippen molar-refractivity contribution in [1.29, 1.82) is 0 Å². The molecule has 24 heavy (non-hydrogen) atoms. The largest absolute Gasteiger partial charge is 0.423 e. The van der Waals surface area contributed by atoms with Gasteiger partial charge in [0.1, 0.15) is 10.7 Å². The van der Waals surface area contributed by atoms with Crippen LogP contribution in [0.3, 0.4) is 0 Å². The van der Waals surface area contributed by atoms with Gasteiger partial charge in [0.05, 0.1) is 18.8 Å². The second-order valence-corrected chi connectivity index (χ2v) is 6.54. The number of hydrogen-bond acceptors (Lipinski definition) is 4.